The molecule has 0 spiro atoms. The number of rotatable bonds is 14. The first kappa shape index (κ1) is 36.2. The molecule has 2 aliphatic heterocycles. The lowest BCUT2D eigenvalue weighted by atomic mass is 9.70. The molecule has 15 atom stereocenters. The van der Waals surface area contributed by atoms with Gasteiger partial charge in [-0.2, -0.15) is 0 Å². The third kappa shape index (κ3) is 7.23. The minimum absolute atomic E-state index is 0.354. The number of hydrogen-bond acceptors (Lipinski definition) is 17. The fourth-order valence-electron chi connectivity index (χ4n) is 5.01. The van der Waals surface area contributed by atoms with Crippen molar-refractivity contribution in [3.63, 3.8) is 0 Å². The number of hydrogen-bond donors (Lipinski definition) is 12. The molecular formula is C24H45NO16. The molecule has 13 N–H and O–H groups in total. The lowest BCUT2D eigenvalue weighted by molar-refractivity contribution is -0.334. The first-order valence-electron chi connectivity index (χ1n) is 13.4. The minimum atomic E-state index is -2.57. The van der Waals surface area contributed by atoms with Gasteiger partial charge in [0.25, 0.3) is 0 Å². The maximum Gasteiger partial charge on any atom is 0.186 e. The summed E-state index contributed by atoms with van der Waals surface area (Å²) in [4.78, 5) is 12.6. The molecule has 0 radical (unpaired) electrons. The van der Waals surface area contributed by atoms with E-state index in [2.05, 4.69) is 0 Å². The summed E-state index contributed by atoms with van der Waals surface area (Å²) in [7, 11) is 0. The molecule has 41 heavy (non-hydrogen) atoms. The first-order valence-corrected chi connectivity index (χ1v) is 13.4. The summed E-state index contributed by atoms with van der Waals surface area (Å²) in [6.45, 7) is 1.81. The highest BCUT2D eigenvalue weighted by atomic mass is 16.7. The Morgan fingerprint density at radius 2 is 1.32 bits per heavy atom. The normalized spacial score (nSPS) is 39.8. The topological polar surface area (TPSA) is 303 Å². The third-order valence-corrected chi connectivity index (χ3v) is 7.81. The second kappa shape index (κ2) is 14.7. The summed E-state index contributed by atoms with van der Waals surface area (Å²) in [5.41, 5.74) is 0.488. The van der Waals surface area contributed by atoms with Gasteiger partial charge in [0.1, 0.15) is 66.6 Å². The van der Waals surface area contributed by atoms with Crippen LogP contribution in [0.1, 0.15) is 33.6 Å². The van der Waals surface area contributed by atoms with E-state index in [1.165, 1.54) is 20.8 Å². The zero-order valence-corrected chi connectivity index (χ0v) is 23.1. The molecule has 17 heteroatoms. The lowest BCUT2D eigenvalue weighted by Crippen LogP contribution is -2.69. The maximum absolute atomic E-state index is 12.6. The minimum Gasteiger partial charge on any atom is -0.394 e. The average molecular weight is 604 g/mol. The molecule has 2 aliphatic rings. The van der Waals surface area contributed by atoms with E-state index in [0.29, 0.717) is 0 Å². The van der Waals surface area contributed by atoms with Gasteiger partial charge in [0.05, 0.1) is 25.9 Å². The molecule has 17 nitrogen and oxygen atoms in total. The zero-order valence-electron chi connectivity index (χ0n) is 23.1. The van der Waals surface area contributed by atoms with Gasteiger partial charge in [-0.3, -0.25) is 4.79 Å². The molecule has 2 rings (SSSR count). The number of Topliss-reactive ketones (excluding diaryl/α,β-unsaturated/α-hetero) is 1. The summed E-state index contributed by atoms with van der Waals surface area (Å²) in [6, 6.07) is -1.21. The van der Waals surface area contributed by atoms with Crippen molar-refractivity contribution in [2.45, 2.75) is 124 Å². The van der Waals surface area contributed by atoms with Gasteiger partial charge in [0, 0.05) is 0 Å². The smallest absolute Gasteiger partial charge is 0.186 e. The van der Waals surface area contributed by atoms with E-state index in [1.54, 1.807) is 0 Å². The Labute approximate surface area is 236 Å². The van der Waals surface area contributed by atoms with E-state index in [0.717, 1.165) is 0 Å². The van der Waals surface area contributed by atoms with E-state index >= 15 is 0 Å². The van der Waals surface area contributed by atoms with Gasteiger partial charge < -0.3 is 80.9 Å². The van der Waals surface area contributed by atoms with Crippen LogP contribution in [-0.2, 0) is 23.7 Å². The lowest BCUT2D eigenvalue weighted by Gasteiger charge is -2.46. The number of ether oxygens (including phenoxy) is 4. The van der Waals surface area contributed by atoms with Gasteiger partial charge in [-0.1, -0.05) is 13.8 Å². The summed E-state index contributed by atoms with van der Waals surface area (Å²) in [5.74, 6) is -0.970. The number of carbonyl (C=O) groups is 1. The Bertz CT molecular complexity index is 835. The van der Waals surface area contributed by atoms with Crippen molar-refractivity contribution in [3.05, 3.63) is 0 Å². The van der Waals surface area contributed by atoms with Crippen LogP contribution in [0.15, 0.2) is 0 Å². The van der Waals surface area contributed by atoms with Gasteiger partial charge in [-0.15, -0.1) is 0 Å². The van der Waals surface area contributed by atoms with Crippen LogP contribution in [0.3, 0.4) is 0 Å². The van der Waals surface area contributed by atoms with Gasteiger partial charge in [-0.25, -0.2) is 0 Å². The van der Waals surface area contributed by atoms with Crippen molar-refractivity contribution in [1.29, 1.82) is 0 Å². The molecule has 2 heterocycles. The van der Waals surface area contributed by atoms with Crippen LogP contribution in [-0.4, -0.2) is 173 Å². The van der Waals surface area contributed by atoms with Crippen molar-refractivity contribution in [2.75, 3.05) is 19.8 Å². The molecule has 0 saturated carbocycles. The van der Waals surface area contributed by atoms with E-state index in [9.17, 15) is 61.0 Å². The highest BCUT2D eigenvalue weighted by Crippen LogP contribution is 2.36. The largest absolute Gasteiger partial charge is 0.394 e. The van der Waals surface area contributed by atoms with Crippen molar-refractivity contribution in [3.8, 4) is 0 Å². The molecular weight excluding hydrogens is 558 g/mol. The molecule has 2 saturated heterocycles. The van der Waals surface area contributed by atoms with Crippen LogP contribution >= 0.6 is 0 Å². The summed E-state index contributed by atoms with van der Waals surface area (Å²) < 4.78 is 21.3. The predicted molar refractivity (Wildman–Crippen MR) is 134 cm³/mol. The third-order valence-electron chi connectivity index (χ3n) is 7.81. The quantitative estimate of drug-likeness (QED) is 0.0878. The van der Waals surface area contributed by atoms with Gasteiger partial charge in [0.2, 0.25) is 0 Å². The highest BCUT2D eigenvalue weighted by Gasteiger charge is 2.58. The molecule has 0 aromatic heterocycles. The van der Waals surface area contributed by atoms with Crippen LogP contribution in [0.2, 0.25) is 0 Å². The zero-order chi connectivity index (χ0) is 31.4. The molecule has 0 aromatic rings. The van der Waals surface area contributed by atoms with E-state index in [-0.39, 0.29) is 6.42 Å². The number of ketones is 1. The molecule has 2 fully saturated rings. The van der Waals surface area contributed by atoms with E-state index in [4.69, 9.17) is 24.7 Å². The Morgan fingerprint density at radius 1 is 0.829 bits per heavy atom. The number of aliphatic hydroxyl groups excluding tert-OH is 9. The molecule has 0 amide bonds. The Kier molecular flexibility index (Phi) is 13.0. The number of aliphatic hydroxyl groups is 11. The molecule has 0 aliphatic carbocycles. The molecule has 0 aromatic carbocycles. The van der Waals surface area contributed by atoms with E-state index in [1.807, 2.05) is 0 Å². The van der Waals surface area contributed by atoms with Gasteiger partial charge in [-0.05, 0) is 19.8 Å². The Balaban J connectivity index is 2.09. The van der Waals surface area contributed by atoms with Gasteiger partial charge >= 0.3 is 0 Å². The van der Waals surface area contributed by atoms with Crippen LogP contribution in [0.4, 0.5) is 0 Å². The van der Waals surface area contributed by atoms with Gasteiger partial charge in [0.15, 0.2) is 24.0 Å². The Morgan fingerprint density at radius 3 is 1.78 bits per heavy atom. The predicted octanol–water partition coefficient (Wildman–Crippen LogP) is -6.45. The van der Waals surface area contributed by atoms with Crippen LogP contribution < -0.4 is 5.73 Å². The van der Waals surface area contributed by atoms with Crippen LogP contribution in [0, 0.1) is 0 Å². The monoisotopic (exact) mass is 603 g/mol. The first-order chi connectivity index (χ1) is 19.0. The average Bonchev–Trinajstić information content (AvgIpc) is 2.96. The molecule has 242 valence electrons. The fraction of sp³-hybridized carbons (Fsp3) is 0.958. The summed E-state index contributed by atoms with van der Waals surface area (Å²) in [5, 5.41) is 114. The highest BCUT2D eigenvalue weighted by molar-refractivity contribution is 5.92. The summed E-state index contributed by atoms with van der Waals surface area (Å²) >= 11 is 0. The van der Waals surface area contributed by atoms with Crippen molar-refractivity contribution >= 4 is 5.78 Å². The second-order valence-corrected chi connectivity index (χ2v) is 10.5. The van der Waals surface area contributed by atoms with Crippen LogP contribution in [0.25, 0.3) is 0 Å². The van der Waals surface area contributed by atoms with Crippen molar-refractivity contribution in [2.24, 2.45) is 5.73 Å². The van der Waals surface area contributed by atoms with E-state index < -0.39 is 123 Å². The summed E-state index contributed by atoms with van der Waals surface area (Å²) in [6.07, 6.45) is -21.6. The van der Waals surface area contributed by atoms with Crippen molar-refractivity contribution in [1.82, 2.24) is 0 Å². The Hall–Kier alpha value is -0.970. The SMILES string of the molecule is CC[C@](O)(C(=O)C(C)N)[C@](O)(CC)[C@H](O)[C@H](O)CO[C@H]1O[C@H](CO[C@H]2O[C@H](CO)[C@@H](O)[C@H](O)[C@H]2O)[C@@H](O)[C@H](O)[C@H]1O. The van der Waals surface area contributed by atoms with Crippen molar-refractivity contribution < 1.29 is 79.9 Å². The molecule has 0 bridgehead atoms. The molecule has 1 unspecified atom stereocenters. The maximum atomic E-state index is 12.6. The second-order valence-electron chi connectivity index (χ2n) is 10.5. The number of carbonyl (C=O) groups excluding carboxylic acids is 1. The van der Waals surface area contributed by atoms with Crippen LogP contribution in [0.5, 0.6) is 0 Å². The fourth-order valence-corrected chi connectivity index (χ4v) is 5.01. The number of nitrogens with two attached hydrogens (primary N) is 1. The standard InChI is InChI=1S/C24H45NO16/c1-4-23(36,19(34)9(3)25)24(37,5-2)20(35)10(27)7-38-21-18(33)16(31)14(29)12(41-21)8-39-22-17(32)15(30)13(28)11(6-26)40-22/h9-18,20-22,26-33,35-37H,4-8,25H2,1-3H3/t9?,10-,11-,12-,13-,14-,15+,16+,17-,18-,20-,21+,22+,23+,24+/m1/s1.